The third-order valence-corrected chi connectivity index (χ3v) is 8.68. The van der Waals surface area contributed by atoms with Gasteiger partial charge in [0.25, 0.3) is 0 Å². The first-order valence-electron chi connectivity index (χ1n) is 12.5. The van der Waals surface area contributed by atoms with Gasteiger partial charge in [-0.1, -0.05) is 6.07 Å². The van der Waals surface area contributed by atoms with E-state index in [4.69, 9.17) is 9.47 Å². The largest absolute Gasteiger partial charge is 0.379 e. The number of rotatable bonds is 4. The molecule has 5 rings (SSSR count). The van der Waals surface area contributed by atoms with E-state index in [2.05, 4.69) is 22.9 Å². The summed E-state index contributed by atoms with van der Waals surface area (Å²) in [4.78, 5) is 35.0. The highest BCUT2D eigenvalue weighted by Gasteiger charge is 2.59. The number of carbonyl (C=O) groups is 2. The summed E-state index contributed by atoms with van der Waals surface area (Å²) in [6.07, 6.45) is 6.87. The Hall–Kier alpha value is -1.99. The number of aryl methyl sites for hydroxylation is 1. The number of methoxy groups -OCH3 is 1. The second-order valence-electron chi connectivity index (χ2n) is 10.8. The summed E-state index contributed by atoms with van der Waals surface area (Å²) in [7, 11) is 1.77. The zero-order valence-corrected chi connectivity index (χ0v) is 20.2. The number of ether oxygens (including phenoxy) is 2. The van der Waals surface area contributed by atoms with Crippen molar-refractivity contribution in [1.29, 1.82) is 0 Å². The Morgan fingerprint density at radius 3 is 2.97 bits per heavy atom. The SMILES string of the molecule is COC1COCCC1C[C@@H]1C[C@H]2CN(C(C)=O)C[C@@]2(C(=O)N2CCc3ncc(C)cc3C2)C1. The van der Waals surface area contributed by atoms with Gasteiger partial charge in [0.05, 0.1) is 18.1 Å². The van der Waals surface area contributed by atoms with Gasteiger partial charge in [0, 0.05) is 65.1 Å². The lowest BCUT2D eigenvalue weighted by Gasteiger charge is -2.37. The predicted octanol–water partition coefficient (Wildman–Crippen LogP) is 2.59. The van der Waals surface area contributed by atoms with Crippen LogP contribution < -0.4 is 0 Å². The normalized spacial score (nSPS) is 33.7. The predicted molar refractivity (Wildman–Crippen MR) is 123 cm³/mol. The van der Waals surface area contributed by atoms with Crippen LogP contribution >= 0.6 is 0 Å². The fraction of sp³-hybridized carbons (Fsp3) is 0.731. The third kappa shape index (κ3) is 4.18. The van der Waals surface area contributed by atoms with Crippen LogP contribution in [0.1, 0.15) is 49.4 Å². The summed E-state index contributed by atoms with van der Waals surface area (Å²) in [6.45, 7) is 7.77. The molecule has 0 N–H and O–H groups in total. The standard InChI is InChI=1S/C26H37N3O4/c1-17-8-21-13-28(6-4-23(21)27-12-17)25(31)26-11-19(9-20-5-7-33-15-24(20)32-3)10-22(26)14-29(16-26)18(2)30/h8,12,19-20,22,24H,4-7,9-11,13-16H2,1-3H3/t19-,20?,22+,24?,26+/m1/s1. The second-order valence-corrected chi connectivity index (χ2v) is 10.8. The minimum absolute atomic E-state index is 0.0841. The van der Waals surface area contributed by atoms with Crippen LogP contribution in [0.2, 0.25) is 0 Å². The first-order valence-corrected chi connectivity index (χ1v) is 12.5. The van der Waals surface area contributed by atoms with Crippen molar-refractivity contribution in [3.63, 3.8) is 0 Å². The molecule has 1 aromatic rings. The highest BCUT2D eigenvalue weighted by Crippen LogP contribution is 2.54. The van der Waals surface area contributed by atoms with Crippen molar-refractivity contribution in [2.24, 2.45) is 23.2 Å². The Labute approximate surface area is 196 Å². The maximum Gasteiger partial charge on any atom is 0.231 e. The zero-order chi connectivity index (χ0) is 23.2. The minimum Gasteiger partial charge on any atom is -0.379 e. The number of fused-ring (bicyclic) bond motifs is 2. The van der Waals surface area contributed by atoms with E-state index in [0.717, 1.165) is 50.0 Å². The topological polar surface area (TPSA) is 72.0 Å². The molecule has 3 fully saturated rings. The summed E-state index contributed by atoms with van der Waals surface area (Å²) < 4.78 is 11.3. The first-order chi connectivity index (χ1) is 15.9. The number of amides is 2. The van der Waals surface area contributed by atoms with Gasteiger partial charge >= 0.3 is 0 Å². The van der Waals surface area contributed by atoms with E-state index in [-0.39, 0.29) is 23.8 Å². The van der Waals surface area contributed by atoms with Gasteiger partial charge in [0.2, 0.25) is 11.8 Å². The lowest BCUT2D eigenvalue weighted by atomic mass is 9.78. The Morgan fingerprint density at radius 2 is 2.18 bits per heavy atom. The molecule has 180 valence electrons. The van der Waals surface area contributed by atoms with E-state index in [0.29, 0.717) is 44.6 Å². The van der Waals surface area contributed by atoms with Gasteiger partial charge in [-0.05, 0) is 61.5 Å². The second kappa shape index (κ2) is 8.99. The highest BCUT2D eigenvalue weighted by molar-refractivity contribution is 5.86. The van der Waals surface area contributed by atoms with Crippen molar-refractivity contribution in [1.82, 2.24) is 14.8 Å². The van der Waals surface area contributed by atoms with Gasteiger partial charge in [0.15, 0.2) is 0 Å². The number of hydrogen-bond donors (Lipinski definition) is 0. The van der Waals surface area contributed by atoms with E-state index < -0.39 is 5.41 Å². The molecule has 7 heteroatoms. The van der Waals surface area contributed by atoms with Gasteiger partial charge in [-0.2, -0.15) is 0 Å². The van der Waals surface area contributed by atoms with Gasteiger partial charge in [0.1, 0.15) is 0 Å². The molecule has 0 bridgehead atoms. The number of hydrogen-bond acceptors (Lipinski definition) is 5. The van der Waals surface area contributed by atoms with Crippen molar-refractivity contribution >= 4 is 11.8 Å². The Morgan fingerprint density at radius 1 is 1.33 bits per heavy atom. The van der Waals surface area contributed by atoms with Crippen LogP contribution in [-0.4, -0.2) is 72.7 Å². The Balaban J connectivity index is 1.35. The fourth-order valence-electron chi connectivity index (χ4n) is 7.00. The number of likely N-dealkylation sites (tertiary alicyclic amines) is 1. The molecule has 4 aliphatic rings. The molecule has 0 radical (unpaired) electrons. The van der Waals surface area contributed by atoms with Crippen LogP contribution in [0, 0.1) is 30.1 Å². The van der Waals surface area contributed by atoms with Crippen LogP contribution in [0.25, 0.3) is 0 Å². The van der Waals surface area contributed by atoms with Crippen molar-refractivity contribution in [2.75, 3.05) is 40.0 Å². The highest BCUT2D eigenvalue weighted by atomic mass is 16.5. The Kier molecular flexibility index (Phi) is 6.21. The molecule has 1 aromatic heterocycles. The number of nitrogens with zero attached hydrogens (tertiary/aromatic N) is 3. The lowest BCUT2D eigenvalue weighted by molar-refractivity contribution is -0.144. The molecule has 4 heterocycles. The van der Waals surface area contributed by atoms with Gasteiger partial charge in [-0.3, -0.25) is 14.6 Å². The maximum atomic E-state index is 14.1. The molecular formula is C26H37N3O4. The first kappa shape index (κ1) is 22.8. The molecule has 5 atom stereocenters. The molecule has 7 nitrogen and oxygen atoms in total. The fourth-order valence-corrected chi connectivity index (χ4v) is 7.00. The van der Waals surface area contributed by atoms with Crippen LogP contribution in [0.4, 0.5) is 0 Å². The minimum atomic E-state index is -0.446. The average Bonchev–Trinajstić information content (AvgIpc) is 3.33. The lowest BCUT2D eigenvalue weighted by Crippen LogP contribution is -2.49. The van der Waals surface area contributed by atoms with Crippen LogP contribution in [-0.2, 0) is 32.0 Å². The summed E-state index contributed by atoms with van der Waals surface area (Å²) in [5.74, 6) is 1.56. The van der Waals surface area contributed by atoms with Crippen molar-refractivity contribution in [3.8, 4) is 0 Å². The monoisotopic (exact) mass is 455 g/mol. The Bertz CT molecular complexity index is 921. The van der Waals surface area contributed by atoms with Gasteiger partial charge < -0.3 is 19.3 Å². The van der Waals surface area contributed by atoms with Crippen molar-refractivity contribution < 1.29 is 19.1 Å². The van der Waals surface area contributed by atoms with E-state index in [1.165, 1.54) is 5.56 Å². The van der Waals surface area contributed by atoms with E-state index in [1.54, 1.807) is 14.0 Å². The third-order valence-electron chi connectivity index (χ3n) is 8.68. The van der Waals surface area contributed by atoms with Crippen molar-refractivity contribution in [3.05, 3.63) is 29.1 Å². The van der Waals surface area contributed by atoms with E-state index in [1.807, 2.05) is 11.1 Å². The van der Waals surface area contributed by atoms with Crippen molar-refractivity contribution in [2.45, 2.75) is 58.6 Å². The molecule has 1 aliphatic carbocycles. The zero-order valence-electron chi connectivity index (χ0n) is 20.2. The molecule has 33 heavy (non-hydrogen) atoms. The molecule has 0 spiro atoms. The summed E-state index contributed by atoms with van der Waals surface area (Å²) in [5.41, 5.74) is 2.97. The molecule has 2 amide bonds. The summed E-state index contributed by atoms with van der Waals surface area (Å²) in [5, 5.41) is 0. The van der Waals surface area contributed by atoms with E-state index >= 15 is 0 Å². The average molecular weight is 456 g/mol. The quantitative estimate of drug-likeness (QED) is 0.698. The summed E-state index contributed by atoms with van der Waals surface area (Å²) in [6, 6.07) is 2.17. The number of carbonyl (C=O) groups excluding carboxylic acids is 2. The number of aromatic nitrogens is 1. The maximum absolute atomic E-state index is 14.1. The van der Waals surface area contributed by atoms with E-state index in [9.17, 15) is 9.59 Å². The summed E-state index contributed by atoms with van der Waals surface area (Å²) >= 11 is 0. The molecule has 2 saturated heterocycles. The molecular weight excluding hydrogens is 418 g/mol. The molecule has 1 saturated carbocycles. The number of pyridine rings is 1. The molecule has 2 unspecified atom stereocenters. The van der Waals surface area contributed by atoms with Crippen LogP contribution in [0.15, 0.2) is 12.3 Å². The molecule has 3 aliphatic heterocycles. The van der Waals surface area contributed by atoms with Gasteiger partial charge in [-0.15, -0.1) is 0 Å². The van der Waals surface area contributed by atoms with Gasteiger partial charge in [-0.25, -0.2) is 0 Å². The molecule has 0 aromatic carbocycles. The van der Waals surface area contributed by atoms with Crippen LogP contribution in [0.5, 0.6) is 0 Å². The smallest absolute Gasteiger partial charge is 0.231 e. The van der Waals surface area contributed by atoms with Crippen LogP contribution in [0.3, 0.4) is 0 Å².